The van der Waals surface area contributed by atoms with Gasteiger partial charge in [0.2, 0.25) is 0 Å². The zero-order chi connectivity index (χ0) is 12.9. The Morgan fingerprint density at radius 1 is 1.12 bits per heavy atom. The molecule has 1 aliphatic rings. The van der Waals surface area contributed by atoms with E-state index < -0.39 is 11.9 Å². The molecule has 0 bridgehead atoms. The van der Waals surface area contributed by atoms with Crippen molar-refractivity contribution in [2.24, 2.45) is 0 Å². The first-order valence-corrected chi connectivity index (χ1v) is 5.22. The largest absolute Gasteiger partial charge is 0.473 e. The summed E-state index contributed by atoms with van der Waals surface area (Å²) in [7, 11) is 2.04. The third-order valence-electron chi connectivity index (χ3n) is 2.74. The Kier molecular flexibility index (Phi) is 4.23. The van der Waals surface area contributed by atoms with Crippen LogP contribution in [0.1, 0.15) is 18.4 Å². The van der Waals surface area contributed by atoms with Gasteiger partial charge in [-0.3, -0.25) is 0 Å². The highest BCUT2D eigenvalue weighted by Crippen LogP contribution is 2.44. The van der Waals surface area contributed by atoms with E-state index in [1.807, 2.05) is 7.05 Å². The standard InChI is InChI=1S/C10H13N.C2H2O4/c1-11-10(7-8-10)9-5-3-2-4-6-9;3-1(4)2(5)6/h2-6,11H,7-8H2,1H3;(H,3,4)(H,5,6). The molecule has 17 heavy (non-hydrogen) atoms. The van der Waals surface area contributed by atoms with E-state index >= 15 is 0 Å². The van der Waals surface area contributed by atoms with Crippen molar-refractivity contribution in [3.05, 3.63) is 35.9 Å². The summed E-state index contributed by atoms with van der Waals surface area (Å²) in [4.78, 5) is 18.2. The number of hydrogen-bond acceptors (Lipinski definition) is 3. The van der Waals surface area contributed by atoms with Crippen molar-refractivity contribution in [1.82, 2.24) is 5.32 Å². The minimum absolute atomic E-state index is 0.335. The second-order valence-corrected chi connectivity index (χ2v) is 3.81. The summed E-state index contributed by atoms with van der Waals surface area (Å²) in [6.45, 7) is 0. The van der Waals surface area contributed by atoms with Crippen LogP contribution in [-0.4, -0.2) is 29.2 Å². The van der Waals surface area contributed by atoms with Gasteiger partial charge in [-0.05, 0) is 25.5 Å². The zero-order valence-corrected chi connectivity index (χ0v) is 9.51. The summed E-state index contributed by atoms with van der Waals surface area (Å²) in [6.07, 6.45) is 2.57. The summed E-state index contributed by atoms with van der Waals surface area (Å²) < 4.78 is 0. The van der Waals surface area contributed by atoms with Crippen molar-refractivity contribution in [2.45, 2.75) is 18.4 Å². The predicted molar refractivity (Wildman–Crippen MR) is 61.7 cm³/mol. The summed E-state index contributed by atoms with van der Waals surface area (Å²) >= 11 is 0. The number of carbonyl (C=O) groups is 2. The molecular weight excluding hydrogens is 222 g/mol. The predicted octanol–water partition coefficient (Wildman–Crippen LogP) is 1.05. The molecule has 0 aliphatic heterocycles. The molecular formula is C12H15NO4. The van der Waals surface area contributed by atoms with Gasteiger partial charge in [0, 0.05) is 5.54 Å². The molecule has 92 valence electrons. The molecule has 0 amide bonds. The molecule has 1 aromatic rings. The van der Waals surface area contributed by atoms with Crippen molar-refractivity contribution in [2.75, 3.05) is 7.05 Å². The van der Waals surface area contributed by atoms with E-state index in [4.69, 9.17) is 19.8 Å². The Labute approximate surface area is 99.1 Å². The molecule has 5 nitrogen and oxygen atoms in total. The first-order chi connectivity index (χ1) is 8.02. The van der Waals surface area contributed by atoms with E-state index in [1.165, 1.54) is 18.4 Å². The van der Waals surface area contributed by atoms with Gasteiger partial charge in [0.1, 0.15) is 0 Å². The molecule has 0 saturated heterocycles. The number of aliphatic carboxylic acids is 2. The highest BCUT2D eigenvalue weighted by molar-refractivity contribution is 6.27. The average Bonchev–Trinajstić information content (AvgIpc) is 3.12. The molecule has 5 heteroatoms. The van der Waals surface area contributed by atoms with E-state index in [0.29, 0.717) is 5.54 Å². The van der Waals surface area contributed by atoms with E-state index in [0.717, 1.165) is 0 Å². The van der Waals surface area contributed by atoms with Gasteiger partial charge in [-0.2, -0.15) is 0 Å². The van der Waals surface area contributed by atoms with Crippen molar-refractivity contribution < 1.29 is 19.8 Å². The van der Waals surface area contributed by atoms with Crippen LogP contribution in [0, 0.1) is 0 Å². The smallest absolute Gasteiger partial charge is 0.414 e. The molecule has 0 atom stereocenters. The van der Waals surface area contributed by atoms with E-state index in [2.05, 4.69) is 35.6 Å². The van der Waals surface area contributed by atoms with Crippen LogP contribution in [-0.2, 0) is 15.1 Å². The summed E-state index contributed by atoms with van der Waals surface area (Å²) in [5.41, 5.74) is 1.77. The van der Waals surface area contributed by atoms with Crippen LogP contribution in [0.3, 0.4) is 0 Å². The van der Waals surface area contributed by atoms with Gasteiger partial charge in [0.25, 0.3) is 0 Å². The van der Waals surface area contributed by atoms with Crippen LogP contribution < -0.4 is 5.32 Å². The SMILES string of the molecule is CNC1(c2ccccc2)CC1.O=C(O)C(=O)O. The Morgan fingerprint density at radius 2 is 1.59 bits per heavy atom. The van der Waals surface area contributed by atoms with Gasteiger partial charge in [-0.15, -0.1) is 0 Å². The third-order valence-corrected chi connectivity index (χ3v) is 2.74. The van der Waals surface area contributed by atoms with Crippen LogP contribution >= 0.6 is 0 Å². The molecule has 0 radical (unpaired) electrons. The molecule has 0 unspecified atom stereocenters. The number of carboxylic acid groups (broad SMARTS) is 2. The normalized spacial score (nSPS) is 15.4. The first-order valence-electron chi connectivity index (χ1n) is 5.22. The van der Waals surface area contributed by atoms with Crippen molar-refractivity contribution in [1.29, 1.82) is 0 Å². The topological polar surface area (TPSA) is 86.6 Å². The molecule has 3 N–H and O–H groups in total. The Bertz CT molecular complexity index is 386. The van der Waals surface area contributed by atoms with E-state index in [9.17, 15) is 0 Å². The van der Waals surface area contributed by atoms with Gasteiger partial charge in [0.05, 0.1) is 0 Å². The van der Waals surface area contributed by atoms with Crippen LogP contribution in [0.2, 0.25) is 0 Å². The highest BCUT2D eigenvalue weighted by atomic mass is 16.4. The molecule has 2 rings (SSSR count). The zero-order valence-electron chi connectivity index (χ0n) is 9.51. The Balaban J connectivity index is 0.000000209. The van der Waals surface area contributed by atoms with Gasteiger partial charge < -0.3 is 15.5 Å². The number of rotatable bonds is 2. The fourth-order valence-electron chi connectivity index (χ4n) is 1.57. The maximum absolute atomic E-state index is 9.10. The van der Waals surface area contributed by atoms with E-state index in [-0.39, 0.29) is 0 Å². The van der Waals surface area contributed by atoms with E-state index in [1.54, 1.807) is 0 Å². The minimum Gasteiger partial charge on any atom is -0.473 e. The molecule has 0 heterocycles. The number of nitrogens with one attached hydrogen (secondary N) is 1. The van der Waals surface area contributed by atoms with Crippen molar-refractivity contribution in [3.63, 3.8) is 0 Å². The van der Waals surface area contributed by atoms with Crippen LogP contribution in [0.5, 0.6) is 0 Å². The molecule has 1 aromatic carbocycles. The fourth-order valence-corrected chi connectivity index (χ4v) is 1.57. The van der Waals surface area contributed by atoms with Gasteiger partial charge in [-0.1, -0.05) is 30.3 Å². The van der Waals surface area contributed by atoms with Crippen molar-refractivity contribution in [3.8, 4) is 0 Å². The van der Waals surface area contributed by atoms with Crippen LogP contribution in [0.25, 0.3) is 0 Å². The molecule has 0 aromatic heterocycles. The Morgan fingerprint density at radius 3 is 1.88 bits per heavy atom. The number of carboxylic acids is 2. The lowest BCUT2D eigenvalue weighted by molar-refractivity contribution is -0.159. The lowest BCUT2D eigenvalue weighted by atomic mass is 10.1. The maximum atomic E-state index is 9.10. The summed E-state index contributed by atoms with van der Waals surface area (Å²) in [5, 5.41) is 18.2. The van der Waals surface area contributed by atoms with Gasteiger partial charge >= 0.3 is 11.9 Å². The quantitative estimate of drug-likeness (QED) is 0.669. The summed E-state index contributed by atoms with van der Waals surface area (Å²) in [5.74, 6) is -3.65. The first kappa shape index (κ1) is 13.2. The Hall–Kier alpha value is -1.88. The van der Waals surface area contributed by atoms with Gasteiger partial charge in [-0.25, -0.2) is 9.59 Å². The maximum Gasteiger partial charge on any atom is 0.414 e. The number of hydrogen-bond donors (Lipinski definition) is 3. The molecule has 1 fully saturated rings. The minimum atomic E-state index is -1.82. The lowest BCUT2D eigenvalue weighted by Gasteiger charge is -2.13. The lowest BCUT2D eigenvalue weighted by Crippen LogP contribution is -2.24. The molecule has 0 spiro atoms. The monoisotopic (exact) mass is 237 g/mol. The van der Waals surface area contributed by atoms with Crippen LogP contribution in [0.15, 0.2) is 30.3 Å². The second-order valence-electron chi connectivity index (χ2n) is 3.81. The molecule has 1 saturated carbocycles. The summed E-state index contributed by atoms with van der Waals surface area (Å²) in [6, 6.07) is 10.7. The second kappa shape index (κ2) is 5.45. The number of benzene rings is 1. The van der Waals surface area contributed by atoms with Crippen molar-refractivity contribution >= 4 is 11.9 Å². The fraction of sp³-hybridized carbons (Fsp3) is 0.333. The average molecular weight is 237 g/mol. The molecule has 1 aliphatic carbocycles. The third kappa shape index (κ3) is 3.57. The van der Waals surface area contributed by atoms with Gasteiger partial charge in [0.15, 0.2) is 0 Å². The van der Waals surface area contributed by atoms with Crippen LogP contribution in [0.4, 0.5) is 0 Å². The highest BCUT2D eigenvalue weighted by Gasteiger charge is 2.42.